The average Bonchev–Trinajstić information content (AvgIpc) is 3.85. The molecule has 44 heavy (non-hydrogen) atoms. The van der Waals surface area contributed by atoms with E-state index in [-0.39, 0.29) is 35.8 Å². The van der Waals surface area contributed by atoms with Gasteiger partial charge < -0.3 is 19.9 Å². The summed E-state index contributed by atoms with van der Waals surface area (Å²) in [4.78, 5) is 30.9. The van der Waals surface area contributed by atoms with Gasteiger partial charge in [-0.3, -0.25) is 9.59 Å². The van der Waals surface area contributed by atoms with Gasteiger partial charge in [0, 0.05) is 50.3 Å². The number of fused-ring (bicyclic) bond motifs is 2. The Bertz CT molecular complexity index is 1570. The zero-order valence-electron chi connectivity index (χ0n) is 25.3. The lowest BCUT2D eigenvalue weighted by atomic mass is 9.82. The molecule has 2 fully saturated rings. The molecule has 0 radical (unpaired) electrons. The van der Waals surface area contributed by atoms with Crippen molar-refractivity contribution >= 4 is 33.3 Å². The first-order chi connectivity index (χ1) is 21.3. The quantitative estimate of drug-likeness (QED) is 0.254. The highest BCUT2D eigenvalue weighted by Crippen LogP contribution is 2.37. The minimum Gasteiger partial charge on any atom is -0.492 e. The van der Waals surface area contributed by atoms with Gasteiger partial charge in [-0.2, -0.15) is 0 Å². The number of hydrogen-bond donors (Lipinski definition) is 1. The number of carbonyl (C=O) groups is 2. The lowest BCUT2D eigenvalue weighted by molar-refractivity contribution is -0.132. The third kappa shape index (κ3) is 6.92. The Morgan fingerprint density at radius 1 is 1.07 bits per heavy atom. The fourth-order valence-corrected chi connectivity index (χ4v) is 6.78. The lowest BCUT2D eigenvalue weighted by Crippen LogP contribution is -2.61. The van der Waals surface area contributed by atoms with Gasteiger partial charge in [-0.1, -0.05) is 48.5 Å². The fraction of sp³-hybridized carbons (Fsp3) is 0.389. The number of aryl methyl sites for hydroxylation is 2. The van der Waals surface area contributed by atoms with Crippen LogP contribution in [0.4, 0.5) is 4.39 Å². The lowest BCUT2D eigenvalue weighted by Gasteiger charge is -2.44. The third-order valence-electron chi connectivity index (χ3n) is 8.99. The van der Waals surface area contributed by atoms with Gasteiger partial charge in [-0.15, -0.1) is 0 Å². The molecule has 230 valence electrons. The van der Waals surface area contributed by atoms with Crippen LogP contribution in [0.15, 0.2) is 76.8 Å². The van der Waals surface area contributed by atoms with Crippen molar-refractivity contribution in [2.24, 2.45) is 0 Å². The van der Waals surface area contributed by atoms with Crippen molar-refractivity contribution in [3.05, 3.63) is 105 Å². The number of halogens is 2. The van der Waals surface area contributed by atoms with Gasteiger partial charge in [0.05, 0.1) is 17.1 Å². The second-order valence-corrected chi connectivity index (χ2v) is 13.1. The van der Waals surface area contributed by atoms with E-state index in [1.165, 1.54) is 28.8 Å². The summed E-state index contributed by atoms with van der Waals surface area (Å²) in [6.07, 6.45) is 4.35. The summed E-state index contributed by atoms with van der Waals surface area (Å²) < 4.78 is 20.1. The SMILES string of the molecule is CC(=O)N1C[C@H]2CC(c3ccc(CCCOc4cc(F)ccc4Br)cc3)=C(C(=O)N(Cc3ccccc3C)C3CC3)[C@@H](C1)N2. The second kappa shape index (κ2) is 13.2. The van der Waals surface area contributed by atoms with Crippen LogP contribution < -0.4 is 10.1 Å². The molecule has 1 N–H and O–H groups in total. The van der Waals surface area contributed by atoms with Gasteiger partial charge in [-0.05, 0) is 94.9 Å². The largest absolute Gasteiger partial charge is 0.492 e. The Labute approximate surface area is 267 Å². The van der Waals surface area contributed by atoms with Crippen LogP contribution in [0.25, 0.3) is 5.57 Å². The Morgan fingerprint density at radius 2 is 1.84 bits per heavy atom. The summed E-state index contributed by atoms with van der Waals surface area (Å²) in [5.74, 6) is 0.315. The third-order valence-corrected chi connectivity index (χ3v) is 9.65. The van der Waals surface area contributed by atoms with E-state index >= 15 is 0 Å². The Morgan fingerprint density at radius 3 is 2.57 bits per heavy atom. The molecule has 2 aliphatic heterocycles. The molecule has 3 aromatic carbocycles. The molecule has 6 nitrogen and oxygen atoms in total. The zero-order chi connectivity index (χ0) is 30.8. The number of benzene rings is 3. The standard InChI is InChI=1S/C36H39BrFN3O3/c1-23-6-3-4-8-27(23)20-41(30-14-15-30)36(43)35-31(19-29-21-40(24(2)42)22-33(35)39-29)26-11-9-25(10-12-26)7-5-17-44-34-18-28(38)13-16-32(34)37/h3-4,6,8-13,16,18,29-30,33,39H,5,7,14-15,17,19-22H2,1-2H3/t29-,33-/m1/s1. The minimum atomic E-state index is -0.322. The second-order valence-electron chi connectivity index (χ2n) is 12.3. The highest BCUT2D eigenvalue weighted by Gasteiger charge is 2.43. The van der Waals surface area contributed by atoms with Crippen LogP contribution in [0.2, 0.25) is 0 Å². The van der Waals surface area contributed by atoms with E-state index < -0.39 is 0 Å². The molecular formula is C36H39BrFN3O3. The van der Waals surface area contributed by atoms with Crippen molar-refractivity contribution in [2.75, 3.05) is 19.7 Å². The monoisotopic (exact) mass is 659 g/mol. The highest BCUT2D eigenvalue weighted by molar-refractivity contribution is 9.10. The van der Waals surface area contributed by atoms with Crippen molar-refractivity contribution in [3.8, 4) is 5.75 Å². The summed E-state index contributed by atoms with van der Waals surface area (Å²) in [5.41, 5.74) is 6.50. The van der Waals surface area contributed by atoms with Crippen LogP contribution in [-0.4, -0.2) is 59.4 Å². The molecule has 1 aliphatic carbocycles. The fourth-order valence-electron chi connectivity index (χ4n) is 6.42. The molecule has 3 aromatic rings. The first-order valence-corrected chi connectivity index (χ1v) is 16.3. The molecule has 2 amide bonds. The Balaban J connectivity index is 1.23. The van der Waals surface area contributed by atoms with Crippen molar-refractivity contribution in [3.63, 3.8) is 0 Å². The maximum atomic E-state index is 14.5. The average molecular weight is 661 g/mol. The van der Waals surface area contributed by atoms with Crippen LogP contribution >= 0.6 is 15.9 Å². The number of nitrogens with one attached hydrogen (secondary N) is 1. The first kappa shape index (κ1) is 30.5. The van der Waals surface area contributed by atoms with Crippen LogP contribution in [0.3, 0.4) is 0 Å². The van der Waals surface area contributed by atoms with E-state index in [0.717, 1.165) is 46.9 Å². The van der Waals surface area contributed by atoms with Crippen LogP contribution in [0.5, 0.6) is 5.75 Å². The van der Waals surface area contributed by atoms with E-state index in [4.69, 9.17) is 4.74 Å². The van der Waals surface area contributed by atoms with Gasteiger partial charge in [0.1, 0.15) is 11.6 Å². The van der Waals surface area contributed by atoms with Crippen LogP contribution in [0.1, 0.15) is 54.9 Å². The van der Waals surface area contributed by atoms with E-state index in [9.17, 15) is 14.0 Å². The predicted octanol–water partition coefficient (Wildman–Crippen LogP) is 6.45. The molecule has 0 spiro atoms. The summed E-state index contributed by atoms with van der Waals surface area (Å²) >= 11 is 3.41. The molecule has 2 heterocycles. The number of nitrogens with zero attached hydrogens (tertiary/aromatic N) is 2. The molecule has 6 rings (SSSR count). The van der Waals surface area contributed by atoms with Crippen molar-refractivity contribution in [1.82, 2.24) is 15.1 Å². The topological polar surface area (TPSA) is 61.9 Å². The van der Waals surface area contributed by atoms with Crippen molar-refractivity contribution in [2.45, 2.75) is 70.6 Å². The van der Waals surface area contributed by atoms with E-state index in [2.05, 4.69) is 69.5 Å². The number of carbonyl (C=O) groups excluding carboxylic acids is 2. The van der Waals surface area contributed by atoms with E-state index in [0.29, 0.717) is 38.4 Å². The summed E-state index contributed by atoms with van der Waals surface area (Å²) in [6.45, 7) is 5.93. The Hall–Kier alpha value is -3.49. The summed E-state index contributed by atoms with van der Waals surface area (Å²) in [5, 5.41) is 3.68. The maximum absolute atomic E-state index is 14.5. The molecule has 1 saturated carbocycles. The molecular weight excluding hydrogens is 621 g/mol. The number of rotatable bonds is 10. The molecule has 0 aromatic heterocycles. The van der Waals surface area contributed by atoms with E-state index in [1.807, 2.05) is 17.0 Å². The summed E-state index contributed by atoms with van der Waals surface area (Å²) in [7, 11) is 0. The van der Waals surface area contributed by atoms with Crippen LogP contribution in [0, 0.1) is 12.7 Å². The van der Waals surface area contributed by atoms with E-state index in [1.54, 1.807) is 13.0 Å². The van der Waals surface area contributed by atoms with Gasteiger partial charge in [-0.25, -0.2) is 4.39 Å². The number of amides is 2. The highest BCUT2D eigenvalue weighted by atomic mass is 79.9. The van der Waals surface area contributed by atoms with Crippen LogP contribution in [-0.2, 0) is 22.6 Å². The Kier molecular flexibility index (Phi) is 9.19. The summed E-state index contributed by atoms with van der Waals surface area (Å²) in [6, 6.07) is 21.4. The minimum absolute atomic E-state index is 0.0498. The van der Waals surface area contributed by atoms with Gasteiger partial charge in [0.2, 0.25) is 5.91 Å². The van der Waals surface area contributed by atoms with Gasteiger partial charge in [0.25, 0.3) is 5.91 Å². The van der Waals surface area contributed by atoms with Gasteiger partial charge >= 0.3 is 0 Å². The zero-order valence-corrected chi connectivity index (χ0v) is 26.9. The maximum Gasteiger partial charge on any atom is 0.252 e. The first-order valence-electron chi connectivity index (χ1n) is 15.5. The van der Waals surface area contributed by atoms with Crippen molar-refractivity contribution < 1.29 is 18.7 Å². The molecule has 2 atom stereocenters. The molecule has 3 aliphatic rings. The number of ether oxygens (including phenoxy) is 1. The van der Waals surface area contributed by atoms with Gasteiger partial charge in [0.15, 0.2) is 0 Å². The molecule has 0 unspecified atom stereocenters. The predicted molar refractivity (Wildman–Crippen MR) is 174 cm³/mol. The molecule has 8 heteroatoms. The van der Waals surface area contributed by atoms with Crippen molar-refractivity contribution in [1.29, 1.82) is 0 Å². The molecule has 2 bridgehead atoms. The normalized spacial score (nSPS) is 19.6. The molecule has 1 saturated heterocycles. The number of piperazine rings is 1. The number of hydrogen-bond acceptors (Lipinski definition) is 4. The smallest absolute Gasteiger partial charge is 0.252 e.